The molecule has 0 aliphatic carbocycles. The summed E-state index contributed by atoms with van der Waals surface area (Å²) in [6.45, 7) is 9.13. The highest BCUT2D eigenvalue weighted by Crippen LogP contribution is 2.37. The number of carbonyl (C=O) groups is 1. The predicted octanol–water partition coefficient (Wildman–Crippen LogP) is 3.51. The van der Waals surface area contributed by atoms with Crippen molar-refractivity contribution >= 4 is 24.7 Å². The molecule has 1 aliphatic heterocycles. The van der Waals surface area contributed by atoms with Crippen LogP contribution in [-0.2, 0) is 14.0 Å². The Morgan fingerprint density at radius 1 is 1.00 bits per heavy atom. The minimum absolute atomic E-state index is 0.0391. The fraction of sp³-hybridized carbons (Fsp3) is 0.409. The lowest BCUT2D eigenvalue weighted by molar-refractivity contribution is -0.144. The van der Waals surface area contributed by atoms with Crippen LogP contribution in [0.3, 0.4) is 0 Å². The predicted molar refractivity (Wildman–Crippen MR) is 107 cm³/mol. The second-order valence-electron chi connectivity index (χ2n) is 8.17. The Kier molecular flexibility index (Phi) is 5.35. The van der Waals surface area contributed by atoms with E-state index in [9.17, 15) is 4.79 Å². The zero-order chi connectivity index (χ0) is 18.8. The van der Waals surface area contributed by atoms with E-state index in [1.165, 1.54) is 10.4 Å². The summed E-state index contributed by atoms with van der Waals surface area (Å²) >= 11 is 0. The highest BCUT2D eigenvalue weighted by Gasteiger charge is 2.50. The van der Waals surface area contributed by atoms with Gasteiger partial charge in [0.15, 0.2) is 0 Å². The van der Waals surface area contributed by atoms with Crippen LogP contribution >= 0.6 is 0 Å². The van der Waals surface area contributed by atoms with Crippen LogP contribution in [0, 0.1) is 5.92 Å². The van der Waals surface area contributed by atoms with Gasteiger partial charge in [0, 0.05) is 0 Å². The third-order valence-electron chi connectivity index (χ3n) is 5.20. The third kappa shape index (κ3) is 3.48. The zero-order valence-electron chi connectivity index (χ0n) is 16.1. The maximum absolute atomic E-state index is 11.8. The molecule has 2 aromatic rings. The molecular formula is C22H28O3Si. The van der Waals surface area contributed by atoms with Crippen molar-refractivity contribution in [3.63, 3.8) is 0 Å². The summed E-state index contributed by atoms with van der Waals surface area (Å²) in [5, 5.41) is 2.43. The zero-order valence-corrected chi connectivity index (χ0v) is 17.1. The lowest BCUT2D eigenvalue weighted by atomic mass is 10.1. The van der Waals surface area contributed by atoms with Crippen LogP contribution in [0.5, 0.6) is 0 Å². The molecule has 4 heteroatoms. The van der Waals surface area contributed by atoms with E-state index in [-0.39, 0.29) is 23.0 Å². The molecule has 0 bridgehead atoms. The summed E-state index contributed by atoms with van der Waals surface area (Å²) in [6.07, 6.45) is 0.580. The molecule has 0 saturated carbocycles. The van der Waals surface area contributed by atoms with Crippen LogP contribution < -0.4 is 10.4 Å². The Labute approximate surface area is 157 Å². The van der Waals surface area contributed by atoms with Gasteiger partial charge in [0.05, 0.1) is 12.5 Å². The maximum atomic E-state index is 11.8. The standard InChI is InChI=1S/C22H28O3Si/c1-17-15-18(25-21(17)23)16-24-26(22(2,3)4,19-11-7-5-8-12-19)20-13-9-6-10-14-20/h5-14,17-18H,15-16H2,1-4H3/t17-,18-/m1/s1. The van der Waals surface area contributed by atoms with Gasteiger partial charge in [0.1, 0.15) is 6.10 Å². The molecule has 0 spiro atoms. The van der Waals surface area contributed by atoms with Crippen LogP contribution in [0.25, 0.3) is 0 Å². The van der Waals surface area contributed by atoms with Gasteiger partial charge in [-0.25, -0.2) is 0 Å². The van der Waals surface area contributed by atoms with Gasteiger partial charge in [-0.2, -0.15) is 0 Å². The summed E-state index contributed by atoms with van der Waals surface area (Å²) < 4.78 is 12.3. The lowest BCUT2D eigenvalue weighted by Gasteiger charge is -2.43. The number of esters is 1. The molecule has 0 N–H and O–H groups in total. The molecule has 1 heterocycles. The quantitative estimate of drug-likeness (QED) is 0.598. The van der Waals surface area contributed by atoms with Crippen molar-refractivity contribution in [2.45, 2.75) is 45.3 Å². The number of hydrogen-bond acceptors (Lipinski definition) is 3. The van der Waals surface area contributed by atoms with E-state index in [1.54, 1.807) is 0 Å². The molecule has 3 nitrogen and oxygen atoms in total. The fourth-order valence-corrected chi connectivity index (χ4v) is 8.49. The molecule has 138 valence electrons. The van der Waals surface area contributed by atoms with Crippen molar-refractivity contribution in [2.75, 3.05) is 6.61 Å². The minimum atomic E-state index is -2.55. The SMILES string of the molecule is C[C@@H]1C[C@H](CO[Si](c2ccccc2)(c2ccccc2)C(C)(C)C)OC1=O. The van der Waals surface area contributed by atoms with Crippen LogP contribution in [0.4, 0.5) is 0 Å². The topological polar surface area (TPSA) is 35.5 Å². The van der Waals surface area contributed by atoms with Gasteiger partial charge in [-0.1, -0.05) is 88.4 Å². The first-order valence-electron chi connectivity index (χ1n) is 9.30. The minimum Gasteiger partial charge on any atom is -0.460 e. The molecule has 1 saturated heterocycles. The second kappa shape index (κ2) is 7.37. The van der Waals surface area contributed by atoms with Gasteiger partial charge in [0.2, 0.25) is 0 Å². The van der Waals surface area contributed by atoms with E-state index >= 15 is 0 Å². The van der Waals surface area contributed by atoms with Crippen molar-refractivity contribution in [3.8, 4) is 0 Å². The second-order valence-corrected chi connectivity index (χ2v) is 12.5. The Bertz CT molecular complexity index is 697. The van der Waals surface area contributed by atoms with Crippen LogP contribution in [0.2, 0.25) is 5.04 Å². The summed E-state index contributed by atoms with van der Waals surface area (Å²) in [6, 6.07) is 21.1. The van der Waals surface area contributed by atoms with Crippen LogP contribution in [0.15, 0.2) is 60.7 Å². The van der Waals surface area contributed by atoms with Gasteiger partial charge in [-0.3, -0.25) is 4.79 Å². The smallest absolute Gasteiger partial charge is 0.309 e. The summed E-state index contributed by atoms with van der Waals surface area (Å²) in [7, 11) is -2.55. The van der Waals surface area contributed by atoms with Crippen molar-refractivity contribution in [3.05, 3.63) is 60.7 Å². The lowest BCUT2D eigenvalue weighted by Crippen LogP contribution is -2.67. The first kappa shape index (κ1) is 18.9. The Morgan fingerprint density at radius 3 is 1.88 bits per heavy atom. The van der Waals surface area contributed by atoms with Gasteiger partial charge in [0.25, 0.3) is 8.32 Å². The Balaban J connectivity index is 2.02. The largest absolute Gasteiger partial charge is 0.460 e. The molecule has 1 aliphatic rings. The monoisotopic (exact) mass is 368 g/mol. The van der Waals surface area contributed by atoms with Crippen LogP contribution in [0.1, 0.15) is 34.1 Å². The fourth-order valence-electron chi connectivity index (χ4n) is 3.90. The van der Waals surface area contributed by atoms with E-state index in [4.69, 9.17) is 9.16 Å². The average molecular weight is 369 g/mol. The number of carbonyl (C=O) groups excluding carboxylic acids is 1. The molecule has 26 heavy (non-hydrogen) atoms. The number of ether oxygens (including phenoxy) is 1. The molecule has 2 aromatic carbocycles. The van der Waals surface area contributed by atoms with Crippen molar-refractivity contribution in [1.29, 1.82) is 0 Å². The summed E-state index contributed by atoms with van der Waals surface area (Å²) in [4.78, 5) is 11.8. The van der Waals surface area contributed by atoms with Gasteiger partial charge >= 0.3 is 5.97 Å². The van der Waals surface area contributed by atoms with E-state index in [1.807, 2.05) is 19.1 Å². The molecule has 0 unspecified atom stereocenters. The number of cyclic esters (lactones) is 1. The van der Waals surface area contributed by atoms with E-state index in [2.05, 4.69) is 69.3 Å². The summed E-state index contributed by atoms with van der Waals surface area (Å²) in [5.41, 5.74) is 0. The highest BCUT2D eigenvalue weighted by molar-refractivity contribution is 6.99. The van der Waals surface area contributed by atoms with Gasteiger partial charge in [-0.15, -0.1) is 0 Å². The molecule has 0 amide bonds. The molecule has 1 fully saturated rings. The number of rotatable bonds is 5. The van der Waals surface area contributed by atoms with E-state index < -0.39 is 8.32 Å². The first-order chi connectivity index (χ1) is 12.3. The van der Waals surface area contributed by atoms with Crippen molar-refractivity contribution in [2.24, 2.45) is 5.92 Å². The first-order valence-corrected chi connectivity index (χ1v) is 11.2. The van der Waals surface area contributed by atoms with Gasteiger partial charge < -0.3 is 9.16 Å². The summed E-state index contributed by atoms with van der Waals surface area (Å²) in [5.74, 6) is -0.149. The molecule has 3 rings (SSSR count). The highest BCUT2D eigenvalue weighted by atomic mass is 28.4. The third-order valence-corrected chi connectivity index (χ3v) is 10.2. The molecule has 0 aromatic heterocycles. The van der Waals surface area contributed by atoms with Crippen molar-refractivity contribution < 1.29 is 14.0 Å². The maximum Gasteiger partial charge on any atom is 0.309 e. The van der Waals surface area contributed by atoms with E-state index in [0.717, 1.165) is 6.42 Å². The Morgan fingerprint density at radius 2 is 1.50 bits per heavy atom. The molecule has 2 atom stereocenters. The normalized spacial score (nSPS) is 20.8. The van der Waals surface area contributed by atoms with E-state index in [0.29, 0.717) is 6.61 Å². The Hall–Kier alpha value is -1.91. The van der Waals surface area contributed by atoms with Gasteiger partial charge in [-0.05, 0) is 21.8 Å². The number of benzene rings is 2. The molecule has 0 radical (unpaired) electrons. The number of hydrogen-bond donors (Lipinski definition) is 0. The van der Waals surface area contributed by atoms with Crippen molar-refractivity contribution in [1.82, 2.24) is 0 Å². The van der Waals surface area contributed by atoms with Crippen LogP contribution in [-0.4, -0.2) is 27.0 Å². The average Bonchev–Trinajstić information content (AvgIpc) is 2.94. The molecular weight excluding hydrogens is 340 g/mol.